The average molecular weight is 250 g/mol. The highest BCUT2D eigenvalue weighted by Crippen LogP contribution is 2.17. The normalized spacial score (nSPS) is 11.9. The molecule has 4 nitrogen and oxygen atoms in total. The maximum atomic E-state index is 11.9. The first kappa shape index (κ1) is 14.5. The van der Waals surface area contributed by atoms with Gasteiger partial charge in [-0.15, -0.1) is 0 Å². The summed E-state index contributed by atoms with van der Waals surface area (Å²) < 4.78 is 5.22. The fourth-order valence-corrected chi connectivity index (χ4v) is 1.84. The Balaban J connectivity index is 2.49. The summed E-state index contributed by atoms with van der Waals surface area (Å²) in [7, 11) is 1.61. The van der Waals surface area contributed by atoms with E-state index in [9.17, 15) is 4.79 Å². The third-order valence-corrected chi connectivity index (χ3v) is 2.79. The first-order valence-corrected chi connectivity index (χ1v) is 6.28. The van der Waals surface area contributed by atoms with Crippen molar-refractivity contribution < 1.29 is 9.53 Å². The molecule has 0 aromatic heterocycles. The van der Waals surface area contributed by atoms with Gasteiger partial charge in [-0.2, -0.15) is 0 Å². The Hall–Kier alpha value is -1.55. The highest BCUT2D eigenvalue weighted by molar-refractivity contribution is 5.79. The van der Waals surface area contributed by atoms with Crippen LogP contribution in [-0.4, -0.2) is 25.6 Å². The number of rotatable bonds is 7. The smallest absolute Gasteiger partial charge is 0.224 e. The highest BCUT2D eigenvalue weighted by Gasteiger charge is 2.10. The maximum absolute atomic E-state index is 11.9. The Morgan fingerprint density at radius 1 is 1.44 bits per heavy atom. The van der Waals surface area contributed by atoms with E-state index in [2.05, 4.69) is 5.32 Å². The van der Waals surface area contributed by atoms with Crippen LogP contribution in [0.15, 0.2) is 24.3 Å². The fraction of sp³-hybridized carbons (Fsp3) is 0.500. The number of ether oxygens (including phenoxy) is 1. The standard InChI is InChI=1S/C14H22N2O2/c1-11(6-5-9-15)16-14(17)10-12-7-3-4-8-13(12)18-2/h3-4,7-8,11H,5-6,9-10,15H2,1-2H3,(H,16,17). The van der Waals surface area contributed by atoms with Crippen LogP contribution >= 0.6 is 0 Å². The van der Waals surface area contributed by atoms with Gasteiger partial charge in [0.25, 0.3) is 0 Å². The summed E-state index contributed by atoms with van der Waals surface area (Å²) in [5.74, 6) is 0.770. The quantitative estimate of drug-likeness (QED) is 0.770. The number of para-hydroxylation sites is 1. The van der Waals surface area contributed by atoms with Crippen LogP contribution in [-0.2, 0) is 11.2 Å². The largest absolute Gasteiger partial charge is 0.496 e. The fourth-order valence-electron chi connectivity index (χ4n) is 1.84. The van der Waals surface area contributed by atoms with E-state index in [0.29, 0.717) is 13.0 Å². The van der Waals surface area contributed by atoms with Gasteiger partial charge in [0, 0.05) is 11.6 Å². The summed E-state index contributed by atoms with van der Waals surface area (Å²) in [6, 6.07) is 7.73. The molecule has 0 heterocycles. The van der Waals surface area contributed by atoms with Crippen LogP contribution < -0.4 is 15.8 Å². The van der Waals surface area contributed by atoms with Crippen LogP contribution in [0.1, 0.15) is 25.3 Å². The van der Waals surface area contributed by atoms with Crippen molar-refractivity contribution in [1.29, 1.82) is 0 Å². The van der Waals surface area contributed by atoms with E-state index in [1.54, 1.807) is 7.11 Å². The number of benzene rings is 1. The summed E-state index contributed by atoms with van der Waals surface area (Å²) >= 11 is 0. The number of hydrogen-bond donors (Lipinski definition) is 2. The van der Waals surface area contributed by atoms with E-state index in [-0.39, 0.29) is 11.9 Å². The molecule has 1 rings (SSSR count). The summed E-state index contributed by atoms with van der Waals surface area (Å²) in [6.45, 7) is 2.66. The van der Waals surface area contributed by atoms with Crippen molar-refractivity contribution in [3.63, 3.8) is 0 Å². The van der Waals surface area contributed by atoms with Gasteiger partial charge in [0.15, 0.2) is 0 Å². The minimum Gasteiger partial charge on any atom is -0.496 e. The number of nitrogens with one attached hydrogen (secondary N) is 1. The van der Waals surface area contributed by atoms with Crippen molar-refractivity contribution in [2.75, 3.05) is 13.7 Å². The Morgan fingerprint density at radius 3 is 2.83 bits per heavy atom. The summed E-state index contributed by atoms with van der Waals surface area (Å²) in [6.07, 6.45) is 2.18. The molecular formula is C14H22N2O2. The van der Waals surface area contributed by atoms with Gasteiger partial charge >= 0.3 is 0 Å². The average Bonchev–Trinajstić information content (AvgIpc) is 2.36. The van der Waals surface area contributed by atoms with E-state index >= 15 is 0 Å². The van der Waals surface area contributed by atoms with Crippen molar-refractivity contribution in [1.82, 2.24) is 5.32 Å². The molecule has 1 aromatic carbocycles. The molecule has 0 saturated carbocycles. The molecule has 0 aliphatic carbocycles. The van der Waals surface area contributed by atoms with Crippen LogP contribution in [0.4, 0.5) is 0 Å². The van der Waals surface area contributed by atoms with Crippen molar-refractivity contribution in [2.45, 2.75) is 32.2 Å². The van der Waals surface area contributed by atoms with Crippen molar-refractivity contribution in [3.05, 3.63) is 29.8 Å². The lowest BCUT2D eigenvalue weighted by Crippen LogP contribution is -2.34. The van der Waals surface area contributed by atoms with Gasteiger partial charge in [0.2, 0.25) is 5.91 Å². The number of carbonyl (C=O) groups excluding carboxylic acids is 1. The zero-order valence-corrected chi connectivity index (χ0v) is 11.1. The molecular weight excluding hydrogens is 228 g/mol. The lowest BCUT2D eigenvalue weighted by Gasteiger charge is -2.14. The zero-order valence-electron chi connectivity index (χ0n) is 11.1. The summed E-state index contributed by atoms with van der Waals surface area (Å²) in [5, 5.41) is 2.96. The van der Waals surface area contributed by atoms with Crippen molar-refractivity contribution in [2.24, 2.45) is 5.73 Å². The molecule has 0 saturated heterocycles. The molecule has 0 fully saturated rings. The van der Waals surface area contributed by atoms with Gasteiger partial charge in [-0.3, -0.25) is 4.79 Å². The second kappa shape index (κ2) is 7.71. The molecule has 1 aromatic rings. The number of amides is 1. The predicted octanol–water partition coefficient (Wildman–Crippen LogP) is 1.48. The molecule has 0 spiro atoms. The van der Waals surface area contributed by atoms with E-state index in [1.165, 1.54) is 0 Å². The van der Waals surface area contributed by atoms with Gasteiger partial charge in [-0.05, 0) is 32.4 Å². The molecule has 0 aliphatic rings. The van der Waals surface area contributed by atoms with Gasteiger partial charge in [-0.25, -0.2) is 0 Å². The molecule has 0 bridgehead atoms. The third kappa shape index (κ3) is 4.75. The summed E-state index contributed by atoms with van der Waals surface area (Å²) in [4.78, 5) is 11.9. The first-order chi connectivity index (χ1) is 8.67. The molecule has 0 aliphatic heterocycles. The Morgan fingerprint density at radius 2 is 2.17 bits per heavy atom. The molecule has 0 radical (unpaired) electrons. The number of methoxy groups -OCH3 is 1. The Labute approximate surface area is 109 Å². The van der Waals surface area contributed by atoms with Crippen molar-refractivity contribution in [3.8, 4) is 5.75 Å². The predicted molar refractivity (Wildman–Crippen MR) is 72.6 cm³/mol. The first-order valence-electron chi connectivity index (χ1n) is 6.28. The topological polar surface area (TPSA) is 64.3 Å². The van der Waals surface area contributed by atoms with E-state index in [1.807, 2.05) is 31.2 Å². The lowest BCUT2D eigenvalue weighted by molar-refractivity contribution is -0.121. The van der Waals surface area contributed by atoms with E-state index < -0.39 is 0 Å². The van der Waals surface area contributed by atoms with Gasteiger partial charge < -0.3 is 15.8 Å². The van der Waals surface area contributed by atoms with Crippen molar-refractivity contribution >= 4 is 5.91 Å². The molecule has 1 unspecified atom stereocenters. The van der Waals surface area contributed by atoms with Gasteiger partial charge in [0.05, 0.1) is 13.5 Å². The maximum Gasteiger partial charge on any atom is 0.224 e. The molecule has 1 amide bonds. The molecule has 4 heteroatoms. The summed E-state index contributed by atoms with van der Waals surface area (Å²) in [5.41, 5.74) is 6.35. The third-order valence-electron chi connectivity index (χ3n) is 2.79. The number of hydrogen-bond acceptors (Lipinski definition) is 3. The Kier molecular flexibility index (Phi) is 6.22. The monoisotopic (exact) mass is 250 g/mol. The zero-order chi connectivity index (χ0) is 13.4. The second-order valence-electron chi connectivity index (χ2n) is 4.39. The molecule has 1 atom stereocenters. The molecule has 3 N–H and O–H groups in total. The van der Waals surface area contributed by atoms with E-state index in [0.717, 1.165) is 24.2 Å². The van der Waals surface area contributed by atoms with Gasteiger partial charge in [-0.1, -0.05) is 18.2 Å². The highest BCUT2D eigenvalue weighted by atomic mass is 16.5. The van der Waals surface area contributed by atoms with Crippen LogP contribution in [0.3, 0.4) is 0 Å². The van der Waals surface area contributed by atoms with Crippen LogP contribution in [0.2, 0.25) is 0 Å². The minimum atomic E-state index is 0.0176. The minimum absolute atomic E-state index is 0.0176. The lowest BCUT2D eigenvalue weighted by atomic mass is 10.1. The molecule has 18 heavy (non-hydrogen) atoms. The van der Waals surface area contributed by atoms with Crippen LogP contribution in [0, 0.1) is 0 Å². The second-order valence-corrected chi connectivity index (χ2v) is 4.39. The Bertz CT molecular complexity index is 380. The molecule has 100 valence electrons. The number of nitrogens with two attached hydrogens (primary N) is 1. The van der Waals surface area contributed by atoms with Crippen LogP contribution in [0.25, 0.3) is 0 Å². The van der Waals surface area contributed by atoms with Gasteiger partial charge in [0.1, 0.15) is 5.75 Å². The number of carbonyl (C=O) groups is 1. The van der Waals surface area contributed by atoms with E-state index in [4.69, 9.17) is 10.5 Å². The SMILES string of the molecule is COc1ccccc1CC(=O)NC(C)CCCN. The van der Waals surface area contributed by atoms with Crippen LogP contribution in [0.5, 0.6) is 5.75 Å².